The van der Waals surface area contributed by atoms with Crippen LogP contribution in [0, 0.1) is 0 Å². The Hall–Kier alpha value is -2.09. The minimum Gasteiger partial charge on any atom is -0.322 e. The van der Waals surface area contributed by atoms with Crippen molar-refractivity contribution in [3.05, 3.63) is 29.8 Å². The van der Waals surface area contributed by atoms with E-state index in [1.54, 1.807) is 18.2 Å². The Balaban J connectivity index is 2.25. The normalized spacial score (nSPS) is 18.9. The molecule has 1 unspecified atom stereocenters. The maximum Gasteiger partial charge on any atom is 0.322 e. The van der Waals surface area contributed by atoms with Crippen LogP contribution in [0.1, 0.15) is 18.5 Å². The molecule has 3 N–H and O–H groups in total. The topological polar surface area (TPSA) is 104 Å². The van der Waals surface area contributed by atoms with Crippen LogP contribution in [-0.4, -0.2) is 26.1 Å². The first-order valence-electron chi connectivity index (χ1n) is 5.63. The predicted octanol–water partition coefficient (Wildman–Crippen LogP) is 0.329. The van der Waals surface area contributed by atoms with Crippen molar-refractivity contribution in [2.75, 3.05) is 10.5 Å². The second-order valence-corrected chi connectivity index (χ2v) is 6.04. The number of benzene rings is 1. The van der Waals surface area contributed by atoms with Crippen molar-refractivity contribution in [2.45, 2.75) is 13.0 Å². The van der Waals surface area contributed by atoms with Crippen molar-refractivity contribution in [3.8, 4) is 0 Å². The van der Waals surface area contributed by atoms with Crippen LogP contribution in [0.15, 0.2) is 24.3 Å². The predicted molar refractivity (Wildman–Crippen MR) is 68.9 cm³/mol. The number of sulfonamides is 1. The fourth-order valence-corrected chi connectivity index (χ4v) is 2.32. The Morgan fingerprint density at radius 2 is 2.05 bits per heavy atom. The lowest BCUT2D eigenvalue weighted by molar-refractivity contribution is -0.120. The zero-order valence-electron chi connectivity index (χ0n) is 10.1. The van der Waals surface area contributed by atoms with Crippen molar-refractivity contribution >= 4 is 27.6 Å². The monoisotopic (exact) mass is 283 g/mol. The largest absolute Gasteiger partial charge is 0.322 e. The lowest BCUT2D eigenvalue weighted by atomic mass is 10.1. The van der Waals surface area contributed by atoms with Gasteiger partial charge in [-0.25, -0.2) is 13.2 Å². The second kappa shape index (κ2) is 4.88. The maximum absolute atomic E-state index is 11.5. The smallest absolute Gasteiger partial charge is 0.322 e. The molecule has 1 aromatic rings. The van der Waals surface area contributed by atoms with Crippen LogP contribution < -0.4 is 15.4 Å². The number of imide groups is 1. The third-order valence-corrected chi connectivity index (χ3v) is 3.95. The number of hydrogen-bond acceptors (Lipinski definition) is 4. The molecule has 0 aliphatic carbocycles. The van der Waals surface area contributed by atoms with Crippen LogP contribution in [0.2, 0.25) is 0 Å². The molecule has 1 atom stereocenters. The van der Waals surface area contributed by atoms with Gasteiger partial charge in [0.2, 0.25) is 10.0 Å². The van der Waals surface area contributed by atoms with Crippen LogP contribution >= 0.6 is 0 Å². The second-order valence-electron chi connectivity index (χ2n) is 4.03. The summed E-state index contributed by atoms with van der Waals surface area (Å²) in [6, 6.07) is 4.99. The number of anilines is 1. The highest BCUT2D eigenvalue weighted by Crippen LogP contribution is 2.20. The van der Waals surface area contributed by atoms with Gasteiger partial charge in [0.1, 0.15) is 6.04 Å². The Bertz CT molecular complexity index is 627. The summed E-state index contributed by atoms with van der Waals surface area (Å²) in [7, 11) is -3.38. The SMILES string of the molecule is CCS(=O)(=O)Nc1cccc(C2NC(=O)NC2=O)c1. The van der Waals surface area contributed by atoms with Gasteiger partial charge in [0.15, 0.2) is 0 Å². The van der Waals surface area contributed by atoms with E-state index < -0.39 is 28.0 Å². The third-order valence-electron chi connectivity index (χ3n) is 2.65. The molecule has 8 heteroatoms. The average Bonchev–Trinajstić information content (AvgIpc) is 2.68. The first kappa shape index (κ1) is 13.3. The first-order chi connectivity index (χ1) is 8.91. The van der Waals surface area contributed by atoms with Crippen LogP contribution in [0.5, 0.6) is 0 Å². The zero-order chi connectivity index (χ0) is 14.0. The molecule has 3 amide bonds. The van der Waals surface area contributed by atoms with E-state index in [-0.39, 0.29) is 5.75 Å². The van der Waals surface area contributed by atoms with Crippen molar-refractivity contribution < 1.29 is 18.0 Å². The standard InChI is InChI=1S/C11H13N3O4S/c1-2-19(17,18)14-8-5-3-4-7(6-8)9-10(15)13-11(16)12-9/h3-6,9,14H,2H2,1H3,(H2,12,13,15,16). The lowest BCUT2D eigenvalue weighted by Gasteiger charge is -2.11. The minimum absolute atomic E-state index is 0.0438. The number of hydrogen-bond donors (Lipinski definition) is 3. The third kappa shape index (κ3) is 3.02. The first-order valence-corrected chi connectivity index (χ1v) is 7.28. The van der Waals surface area contributed by atoms with E-state index in [4.69, 9.17) is 0 Å². The van der Waals surface area contributed by atoms with E-state index in [9.17, 15) is 18.0 Å². The molecule has 102 valence electrons. The van der Waals surface area contributed by atoms with Crippen LogP contribution in [0.4, 0.5) is 10.5 Å². The van der Waals surface area contributed by atoms with E-state index in [1.807, 2.05) is 0 Å². The zero-order valence-corrected chi connectivity index (χ0v) is 11.0. The van der Waals surface area contributed by atoms with E-state index in [0.717, 1.165) is 0 Å². The van der Waals surface area contributed by atoms with Crippen molar-refractivity contribution in [3.63, 3.8) is 0 Å². The van der Waals surface area contributed by atoms with Gasteiger partial charge >= 0.3 is 6.03 Å². The number of urea groups is 1. The average molecular weight is 283 g/mol. The molecule has 1 aliphatic rings. The Kier molecular flexibility index (Phi) is 3.43. The van der Waals surface area contributed by atoms with Crippen molar-refractivity contribution in [2.24, 2.45) is 0 Å². The summed E-state index contributed by atoms with van der Waals surface area (Å²) < 4.78 is 25.3. The summed E-state index contributed by atoms with van der Waals surface area (Å²) in [5, 5.41) is 4.56. The van der Waals surface area contributed by atoms with Gasteiger partial charge in [-0.1, -0.05) is 12.1 Å². The van der Waals surface area contributed by atoms with E-state index in [2.05, 4.69) is 15.4 Å². The molecule has 0 saturated carbocycles. The number of rotatable bonds is 4. The van der Waals surface area contributed by atoms with Gasteiger partial charge in [-0.05, 0) is 24.6 Å². The maximum atomic E-state index is 11.5. The van der Waals surface area contributed by atoms with E-state index in [0.29, 0.717) is 11.3 Å². The molecule has 1 aliphatic heterocycles. The van der Waals surface area contributed by atoms with Gasteiger partial charge < -0.3 is 5.32 Å². The number of nitrogens with one attached hydrogen (secondary N) is 3. The highest BCUT2D eigenvalue weighted by molar-refractivity contribution is 7.92. The molecule has 1 heterocycles. The van der Waals surface area contributed by atoms with Gasteiger partial charge in [0.25, 0.3) is 5.91 Å². The van der Waals surface area contributed by atoms with Crippen LogP contribution in [0.3, 0.4) is 0 Å². The molecule has 0 spiro atoms. The molecule has 0 bridgehead atoms. The summed E-state index contributed by atoms with van der Waals surface area (Å²) in [5.41, 5.74) is 0.868. The highest BCUT2D eigenvalue weighted by atomic mass is 32.2. The van der Waals surface area contributed by atoms with Crippen molar-refractivity contribution in [1.82, 2.24) is 10.6 Å². The molecular weight excluding hydrogens is 270 g/mol. The Labute approximate surface area is 110 Å². The minimum atomic E-state index is -3.38. The summed E-state index contributed by atoms with van der Waals surface area (Å²) in [6.07, 6.45) is 0. The molecule has 2 rings (SSSR count). The van der Waals surface area contributed by atoms with E-state index >= 15 is 0 Å². The molecular formula is C11H13N3O4S. The molecule has 0 radical (unpaired) electrons. The molecule has 1 aromatic carbocycles. The highest BCUT2D eigenvalue weighted by Gasteiger charge is 2.30. The van der Waals surface area contributed by atoms with Crippen LogP contribution in [0.25, 0.3) is 0 Å². The van der Waals surface area contributed by atoms with Crippen LogP contribution in [-0.2, 0) is 14.8 Å². The lowest BCUT2D eigenvalue weighted by Crippen LogP contribution is -2.22. The quantitative estimate of drug-likeness (QED) is 0.692. The van der Waals surface area contributed by atoms with Gasteiger partial charge in [0.05, 0.1) is 5.75 Å². The summed E-state index contributed by atoms with van der Waals surface area (Å²) in [6.45, 7) is 1.52. The Morgan fingerprint density at radius 1 is 1.32 bits per heavy atom. The van der Waals surface area contributed by atoms with Gasteiger partial charge in [-0.15, -0.1) is 0 Å². The molecule has 1 saturated heterocycles. The number of carbonyl (C=O) groups is 2. The molecule has 7 nitrogen and oxygen atoms in total. The summed E-state index contributed by atoms with van der Waals surface area (Å²) in [4.78, 5) is 22.5. The summed E-state index contributed by atoms with van der Waals surface area (Å²) >= 11 is 0. The summed E-state index contributed by atoms with van der Waals surface area (Å²) in [5.74, 6) is -0.502. The molecule has 19 heavy (non-hydrogen) atoms. The molecule has 0 aromatic heterocycles. The van der Waals surface area contributed by atoms with E-state index in [1.165, 1.54) is 13.0 Å². The Morgan fingerprint density at radius 3 is 2.63 bits per heavy atom. The van der Waals surface area contributed by atoms with Gasteiger partial charge in [-0.2, -0.15) is 0 Å². The number of amides is 3. The number of carbonyl (C=O) groups excluding carboxylic acids is 2. The van der Waals surface area contributed by atoms with Crippen molar-refractivity contribution in [1.29, 1.82) is 0 Å². The van der Waals surface area contributed by atoms with Gasteiger partial charge in [0, 0.05) is 5.69 Å². The molecule has 1 fully saturated rings. The fraction of sp³-hybridized carbons (Fsp3) is 0.273. The van der Waals surface area contributed by atoms with Gasteiger partial charge in [-0.3, -0.25) is 14.8 Å². The fourth-order valence-electron chi connectivity index (χ4n) is 1.68.